The maximum absolute atomic E-state index is 11.0. The largest absolute Gasteiger partial charge is 0.478 e. The van der Waals surface area contributed by atoms with Gasteiger partial charge in [-0.1, -0.05) is 0 Å². The van der Waals surface area contributed by atoms with E-state index >= 15 is 0 Å². The number of nitrogens with zero attached hydrogens (tertiary/aromatic N) is 2. The number of nitrogens with one attached hydrogen (secondary N) is 1. The van der Waals surface area contributed by atoms with Gasteiger partial charge >= 0.3 is 5.97 Å². The van der Waals surface area contributed by atoms with Gasteiger partial charge in [0.25, 0.3) is 0 Å². The van der Waals surface area contributed by atoms with Gasteiger partial charge in [0.1, 0.15) is 5.82 Å². The molecule has 2 aromatic rings. The smallest absolute Gasteiger partial charge is 0.336 e. The normalized spacial score (nSPS) is 14.4. The summed E-state index contributed by atoms with van der Waals surface area (Å²) in [6, 6.07) is 5.08. The number of hydrogen-bond acceptors (Lipinski definition) is 5. The zero-order valence-electron chi connectivity index (χ0n) is 9.76. The summed E-state index contributed by atoms with van der Waals surface area (Å²) >= 11 is 4.51. The van der Waals surface area contributed by atoms with Gasteiger partial charge in [-0.05, 0) is 47.0 Å². The van der Waals surface area contributed by atoms with E-state index in [0.29, 0.717) is 21.2 Å². The van der Waals surface area contributed by atoms with Gasteiger partial charge in [0.05, 0.1) is 5.56 Å². The van der Waals surface area contributed by atoms with Gasteiger partial charge in [-0.25, -0.2) is 9.78 Å². The molecule has 5 nitrogen and oxygen atoms in total. The van der Waals surface area contributed by atoms with Crippen LogP contribution in [-0.4, -0.2) is 20.4 Å². The summed E-state index contributed by atoms with van der Waals surface area (Å²) in [5, 5.41) is 12.8. The molecule has 0 bridgehead atoms. The van der Waals surface area contributed by atoms with Crippen LogP contribution in [0.15, 0.2) is 22.7 Å². The van der Waals surface area contributed by atoms with Crippen molar-refractivity contribution in [2.24, 2.45) is 0 Å². The second-order valence-electron chi connectivity index (χ2n) is 4.36. The van der Waals surface area contributed by atoms with Crippen molar-refractivity contribution in [3.05, 3.63) is 34.1 Å². The lowest BCUT2D eigenvalue weighted by Gasteiger charge is -2.04. The Kier molecular flexibility index (Phi) is 3.24. The van der Waals surface area contributed by atoms with Gasteiger partial charge in [-0.2, -0.15) is 4.37 Å². The quantitative estimate of drug-likeness (QED) is 0.889. The third-order valence-corrected chi connectivity index (χ3v) is 4.17. The van der Waals surface area contributed by atoms with Crippen LogP contribution in [-0.2, 0) is 0 Å². The van der Waals surface area contributed by atoms with Crippen molar-refractivity contribution in [1.82, 2.24) is 9.36 Å². The average molecular weight is 340 g/mol. The van der Waals surface area contributed by atoms with Gasteiger partial charge in [0.2, 0.25) is 5.13 Å². The highest BCUT2D eigenvalue weighted by Crippen LogP contribution is 2.39. The first kappa shape index (κ1) is 12.6. The number of rotatable bonds is 4. The highest BCUT2D eigenvalue weighted by Gasteiger charge is 2.27. The highest BCUT2D eigenvalue weighted by atomic mass is 79.9. The van der Waals surface area contributed by atoms with E-state index in [4.69, 9.17) is 5.11 Å². The fraction of sp³-hybridized carbons (Fsp3) is 0.250. The molecule has 7 heteroatoms. The van der Waals surface area contributed by atoms with Gasteiger partial charge in [0, 0.05) is 27.6 Å². The summed E-state index contributed by atoms with van der Waals surface area (Å²) in [6.45, 7) is 0. The summed E-state index contributed by atoms with van der Waals surface area (Å²) in [4.78, 5) is 15.4. The van der Waals surface area contributed by atoms with E-state index in [2.05, 4.69) is 30.6 Å². The molecule has 98 valence electrons. The van der Waals surface area contributed by atoms with Crippen LogP contribution >= 0.6 is 27.5 Å². The lowest BCUT2D eigenvalue weighted by Crippen LogP contribution is -1.99. The van der Waals surface area contributed by atoms with Gasteiger partial charge < -0.3 is 10.4 Å². The van der Waals surface area contributed by atoms with Crippen molar-refractivity contribution < 1.29 is 9.90 Å². The molecule has 3 rings (SSSR count). The van der Waals surface area contributed by atoms with Crippen molar-refractivity contribution in [3.63, 3.8) is 0 Å². The lowest BCUT2D eigenvalue weighted by molar-refractivity contribution is 0.0696. The number of halogens is 1. The number of carboxylic acid groups (broad SMARTS) is 1. The van der Waals surface area contributed by atoms with Crippen LogP contribution in [0.5, 0.6) is 0 Å². The first-order chi connectivity index (χ1) is 9.13. The number of anilines is 2. The minimum atomic E-state index is -0.966. The van der Waals surface area contributed by atoms with Crippen LogP contribution in [0.4, 0.5) is 10.8 Å². The molecule has 0 radical (unpaired) electrons. The summed E-state index contributed by atoms with van der Waals surface area (Å²) in [5.41, 5.74) is 0.913. The van der Waals surface area contributed by atoms with Crippen LogP contribution in [0.1, 0.15) is 34.9 Å². The fourth-order valence-corrected chi connectivity index (χ4v) is 2.77. The maximum atomic E-state index is 11.0. The second kappa shape index (κ2) is 4.90. The molecule has 1 aromatic carbocycles. The van der Waals surface area contributed by atoms with E-state index in [1.807, 2.05) is 0 Å². The van der Waals surface area contributed by atoms with Crippen molar-refractivity contribution in [3.8, 4) is 0 Å². The molecule has 0 unspecified atom stereocenters. The molecule has 0 atom stereocenters. The van der Waals surface area contributed by atoms with E-state index in [-0.39, 0.29) is 5.56 Å². The maximum Gasteiger partial charge on any atom is 0.336 e. The van der Waals surface area contributed by atoms with Crippen molar-refractivity contribution >= 4 is 44.3 Å². The van der Waals surface area contributed by atoms with Crippen LogP contribution in [0, 0.1) is 0 Å². The Hall–Kier alpha value is -1.47. The van der Waals surface area contributed by atoms with Gasteiger partial charge in [0.15, 0.2) is 0 Å². The molecule has 0 saturated heterocycles. The zero-order valence-corrected chi connectivity index (χ0v) is 12.2. The van der Waals surface area contributed by atoms with E-state index < -0.39 is 5.97 Å². The monoisotopic (exact) mass is 339 g/mol. The SMILES string of the molecule is O=C(O)c1cc(Nc2nc(C3CC3)ns2)ccc1Br. The van der Waals surface area contributed by atoms with Gasteiger partial charge in [-0.3, -0.25) is 0 Å². The molecule has 1 fully saturated rings. The van der Waals surface area contributed by atoms with Crippen molar-refractivity contribution in [1.29, 1.82) is 0 Å². The van der Waals surface area contributed by atoms with Crippen molar-refractivity contribution in [2.45, 2.75) is 18.8 Å². The Morgan fingerprint density at radius 3 is 2.95 bits per heavy atom. The number of aromatic nitrogens is 2. The summed E-state index contributed by atoms with van der Waals surface area (Å²) in [7, 11) is 0. The average Bonchev–Trinajstić information content (AvgIpc) is 3.12. The Balaban J connectivity index is 1.81. The Morgan fingerprint density at radius 2 is 2.26 bits per heavy atom. The van der Waals surface area contributed by atoms with Crippen LogP contribution in [0.2, 0.25) is 0 Å². The Bertz CT molecular complexity index is 640. The van der Waals surface area contributed by atoms with E-state index in [9.17, 15) is 4.79 Å². The third kappa shape index (κ3) is 2.76. The Labute approximate surface area is 122 Å². The second-order valence-corrected chi connectivity index (χ2v) is 5.96. The van der Waals surface area contributed by atoms with Crippen LogP contribution < -0.4 is 5.32 Å². The minimum Gasteiger partial charge on any atom is -0.478 e. The molecule has 1 heterocycles. The van der Waals surface area contributed by atoms with E-state index in [0.717, 1.165) is 18.7 Å². The summed E-state index contributed by atoms with van der Waals surface area (Å²) in [6.07, 6.45) is 2.33. The van der Waals surface area contributed by atoms with Crippen LogP contribution in [0.3, 0.4) is 0 Å². The number of aromatic carboxylic acids is 1. The zero-order chi connectivity index (χ0) is 13.4. The van der Waals surface area contributed by atoms with Crippen molar-refractivity contribution in [2.75, 3.05) is 5.32 Å². The number of hydrogen-bond donors (Lipinski definition) is 2. The van der Waals surface area contributed by atoms with E-state index in [1.165, 1.54) is 11.5 Å². The highest BCUT2D eigenvalue weighted by molar-refractivity contribution is 9.10. The molecule has 1 saturated carbocycles. The molecule has 19 heavy (non-hydrogen) atoms. The fourth-order valence-electron chi connectivity index (χ4n) is 1.68. The number of carboxylic acids is 1. The molecular weight excluding hydrogens is 330 g/mol. The standard InChI is InChI=1S/C12H10BrN3O2S/c13-9-4-3-7(5-8(9)11(17)18)14-12-15-10(16-19-12)6-1-2-6/h3-6H,1-2H2,(H,17,18)(H,14,15,16). The summed E-state index contributed by atoms with van der Waals surface area (Å²) < 4.78 is 4.85. The minimum absolute atomic E-state index is 0.219. The lowest BCUT2D eigenvalue weighted by atomic mass is 10.2. The molecule has 2 N–H and O–H groups in total. The molecule has 0 spiro atoms. The number of carbonyl (C=O) groups is 1. The summed E-state index contributed by atoms with van der Waals surface area (Å²) in [5.74, 6) is 0.445. The van der Waals surface area contributed by atoms with Gasteiger partial charge in [-0.15, -0.1) is 0 Å². The Morgan fingerprint density at radius 1 is 1.47 bits per heavy atom. The van der Waals surface area contributed by atoms with Crippen LogP contribution in [0.25, 0.3) is 0 Å². The molecule has 1 aliphatic carbocycles. The third-order valence-electron chi connectivity index (χ3n) is 2.83. The first-order valence-electron chi connectivity index (χ1n) is 5.77. The van der Waals surface area contributed by atoms with E-state index in [1.54, 1.807) is 18.2 Å². The predicted molar refractivity (Wildman–Crippen MR) is 76.3 cm³/mol. The molecular formula is C12H10BrN3O2S. The molecule has 1 aromatic heterocycles. The molecule has 0 aliphatic heterocycles. The first-order valence-corrected chi connectivity index (χ1v) is 7.33. The topological polar surface area (TPSA) is 75.1 Å². The number of benzene rings is 1. The molecule has 1 aliphatic rings. The predicted octanol–water partition coefficient (Wildman–Crippen LogP) is 3.62. The molecule has 0 amide bonds.